The number of nitrogens with zero attached hydrogens (tertiary/aromatic N) is 4. The summed E-state index contributed by atoms with van der Waals surface area (Å²) in [4.78, 5) is 18.9. The maximum absolute atomic E-state index is 10.8. The van der Waals surface area contributed by atoms with E-state index in [1.165, 1.54) is 18.0 Å². The van der Waals surface area contributed by atoms with E-state index in [0.717, 1.165) is 16.3 Å². The number of rotatable bonds is 3. The van der Waals surface area contributed by atoms with E-state index in [2.05, 4.69) is 9.98 Å². The number of anilines is 1. The first-order valence-electron chi connectivity index (χ1n) is 5.89. The van der Waals surface area contributed by atoms with Crippen LogP contribution in [0.5, 0.6) is 0 Å². The van der Waals surface area contributed by atoms with Crippen molar-refractivity contribution < 1.29 is 4.92 Å². The molecule has 7 heteroatoms. The highest BCUT2D eigenvalue weighted by atomic mass is 32.2. The third-order valence-corrected chi connectivity index (χ3v) is 3.86. The van der Waals surface area contributed by atoms with Crippen LogP contribution in [0.4, 0.5) is 11.4 Å². The topological polar surface area (TPSA) is 71.6 Å². The second-order valence-electron chi connectivity index (χ2n) is 4.09. The lowest BCUT2D eigenvalue weighted by molar-refractivity contribution is -0.384. The first-order chi connectivity index (χ1) is 9.74. The van der Waals surface area contributed by atoms with Gasteiger partial charge in [-0.15, -0.1) is 0 Å². The Hall–Kier alpha value is -2.41. The van der Waals surface area contributed by atoms with Crippen LogP contribution >= 0.6 is 11.9 Å². The summed E-state index contributed by atoms with van der Waals surface area (Å²) in [6.45, 7) is 0.508. The Morgan fingerprint density at radius 3 is 2.95 bits per heavy atom. The van der Waals surface area contributed by atoms with Crippen molar-refractivity contribution in [1.29, 1.82) is 0 Å². The predicted molar refractivity (Wildman–Crippen MR) is 78.8 cm³/mol. The summed E-state index contributed by atoms with van der Waals surface area (Å²) < 4.78 is 1.99. The zero-order valence-electron chi connectivity index (χ0n) is 10.3. The molecule has 0 amide bonds. The maximum Gasteiger partial charge on any atom is 0.270 e. The van der Waals surface area contributed by atoms with Crippen LogP contribution in [0.15, 0.2) is 53.8 Å². The van der Waals surface area contributed by atoms with Crippen LogP contribution in [-0.2, 0) is 0 Å². The molecule has 6 nitrogen and oxygen atoms in total. The lowest BCUT2D eigenvalue weighted by Gasteiger charge is -2.14. The molecule has 0 bridgehead atoms. The molecule has 1 aliphatic heterocycles. The van der Waals surface area contributed by atoms with E-state index in [1.807, 2.05) is 22.5 Å². The number of nitro groups is 1. The Morgan fingerprint density at radius 2 is 2.20 bits per heavy atom. The van der Waals surface area contributed by atoms with Crippen molar-refractivity contribution in [3.63, 3.8) is 0 Å². The van der Waals surface area contributed by atoms with Crippen molar-refractivity contribution in [1.82, 2.24) is 4.98 Å². The zero-order chi connectivity index (χ0) is 13.9. The van der Waals surface area contributed by atoms with Crippen LogP contribution in [0.25, 0.3) is 0 Å². The van der Waals surface area contributed by atoms with Crippen LogP contribution in [0, 0.1) is 10.1 Å². The minimum absolute atomic E-state index is 0.0747. The van der Waals surface area contributed by atoms with E-state index in [4.69, 9.17) is 0 Å². The fraction of sp³-hybridized carbons (Fsp3) is 0.0769. The van der Waals surface area contributed by atoms with Gasteiger partial charge in [-0.2, -0.15) is 0 Å². The quantitative estimate of drug-likeness (QED) is 0.493. The van der Waals surface area contributed by atoms with Gasteiger partial charge in [-0.1, -0.05) is 12.1 Å². The van der Waals surface area contributed by atoms with E-state index in [1.54, 1.807) is 24.5 Å². The number of aromatic nitrogens is 1. The predicted octanol–water partition coefficient (Wildman–Crippen LogP) is 2.86. The molecule has 0 unspecified atom stereocenters. The van der Waals surface area contributed by atoms with E-state index in [9.17, 15) is 10.1 Å². The summed E-state index contributed by atoms with van der Waals surface area (Å²) in [5.41, 5.74) is 1.79. The molecule has 100 valence electrons. The van der Waals surface area contributed by atoms with Crippen LogP contribution in [-0.4, -0.2) is 21.6 Å². The van der Waals surface area contributed by atoms with Gasteiger partial charge in [0, 0.05) is 35.8 Å². The lowest BCUT2D eigenvalue weighted by Crippen LogP contribution is -2.10. The smallest absolute Gasteiger partial charge is 0.270 e. The molecule has 0 N–H and O–H groups in total. The summed E-state index contributed by atoms with van der Waals surface area (Å²) in [5, 5.41) is 11.6. The van der Waals surface area contributed by atoms with Crippen molar-refractivity contribution in [2.75, 3.05) is 11.0 Å². The molecule has 1 aromatic heterocycles. The summed E-state index contributed by atoms with van der Waals surface area (Å²) in [6.07, 6.45) is 3.48. The molecule has 1 aromatic carbocycles. The SMILES string of the molecule is O=[N+]([O-])c1cccc(C2=NCN(c3cccnc3)S2)c1. The zero-order valence-corrected chi connectivity index (χ0v) is 11.2. The van der Waals surface area contributed by atoms with Crippen LogP contribution in [0.3, 0.4) is 0 Å². The monoisotopic (exact) mass is 286 g/mol. The Labute approximate surface area is 119 Å². The molecular formula is C13H10N4O2S. The lowest BCUT2D eigenvalue weighted by atomic mass is 10.2. The molecule has 0 saturated carbocycles. The number of hydrogen-bond donors (Lipinski definition) is 0. The van der Waals surface area contributed by atoms with Crippen molar-refractivity contribution in [2.24, 2.45) is 4.99 Å². The number of pyridine rings is 1. The molecule has 20 heavy (non-hydrogen) atoms. The summed E-state index contributed by atoms with van der Waals surface area (Å²) >= 11 is 1.46. The van der Waals surface area contributed by atoms with Crippen molar-refractivity contribution >= 4 is 28.4 Å². The first-order valence-corrected chi connectivity index (χ1v) is 6.66. The van der Waals surface area contributed by atoms with Gasteiger partial charge in [0.15, 0.2) is 0 Å². The third kappa shape index (κ3) is 2.48. The van der Waals surface area contributed by atoms with Gasteiger partial charge in [0.05, 0.1) is 16.8 Å². The van der Waals surface area contributed by atoms with E-state index in [0.29, 0.717) is 6.67 Å². The Morgan fingerprint density at radius 1 is 1.30 bits per heavy atom. The largest absolute Gasteiger partial charge is 0.288 e. The highest BCUT2D eigenvalue weighted by Crippen LogP contribution is 2.30. The average Bonchev–Trinajstić information content (AvgIpc) is 2.98. The van der Waals surface area contributed by atoms with Gasteiger partial charge < -0.3 is 0 Å². The van der Waals surface area contributed by atoms with E-state index < -0.39 is 4.92 Å². The second kappa shape index (κ2) is 5.30. The first kappa shape index (κ1) is 12.6. The highest BCUT2D eigenvalue weighted by molar-refractivity contribution is 8.15. The normalized spacial score (nSPS) is 14.2. The van der Waals surface area contributed by atoms with Gasteiger partial charge in [-0.05, 0) is 12.1 Å². The molecule has 0 saturated heterocycles. The third-order valence-electron chi connectivity index (χ3n) is 2.78. The Balaban J connectivity index is 1.80. The minimum Gasteiger partial charge on any atom is -0.288 e. The van der Waals surface area contributed by atoms with E-state index >= 15 is 0 Å². The van der Waals surface area contributed by atoms with Crippen LogP contribution in [0.2, 0.25) is 0 Å². The molecule has 0 aliphatic carbocycles. The number of benzene rings is 1. The second-order valence-corrected chi connectivity index (χ2v) is 5.10. The van der Waals surface area contributed by atoms with Crippen molar-refractivity contribution in [3.05, 3.63) is 64.5 Å². The Kier molecular flexibility index (Phi) is 3.34. The van der Waals surface area contributed by atoms with Crippen molar-refractivity contribution in [2.45, 2.75) is 0 Å². The van der Waals surface area contributed by atoms with Crippen LogP contribution < -0.4 is 4.31 Å². The molecular weight excluding hydrogens is 276 g/mol. The standard InChI is InChI=1S/C13H10N4O2S/c18-17(19)11-4-1-3-10(7-11)13-15-9-16(20-13)12-5-2-6-14-8-12/h1-8H,9H2. The van der Waals surface area contributed by atoms with Gasteiger partial charge in [0.25, 0.3) is 5.69 Å². The van der Waals surface area contributed by atoms with Gasteiger partial charge in [0.1, 0.15) is 11.7 Å². The number of non-ortho nitro benzene ring substituents is 1. The molecule has 0 radical (unpaired) electrons. The molecule has 1 aliphatic rings. The minimum atomic E-state index is -0.400. The molecule has 0 fully saturated rings. The summed E-state index contributed by atoms with van der Waals surface area (Å²) in [6, 6.07) is 10.3. The van der Waals surface area contributed by atoms with Crippen molar-refractivity contribution in [3.8, 4) is 0 Å². The van der Waals surface area contributed by atoms with Gasteiger partial charge >= 0.3 is 0 Å². The molecule has 0 spiro atoms. The molecule has 2 aromatic rings. The average molecular weight is 286 g/mol. The fourth-order valence-electron chi connectivity index (χ4n) is 1.82. The maximum atomic E-state index is 10.8. The number of aliphatic imine (C=N–C) groups is 1. The Bertz CT molecular complexity index is 675. The molecule has 3 rings (SSSR count). The van der Waals surface area contributed by atoms with Gasteiger partial charge in [0.2, 0.25) is 0 Å². The van der Waals surface area contributed by atoms with E-state index in [-0.39, 0.29) is 5.69 Å². The number of hydrogen-bond acceptors (Lipinski definition) is 6. The summed E-state index contributed by atoms with van der Waals surface area (Å²) in [5.74, 6) is 0. The number of nitro benzene ring substituents is 1. The van der Waals surface area contributed by atoms with Crippen LogP contribution in [0.1, 0.15) is 5.56 Å². The van der Waals surface area contributed by atoms with Gasteiger partial charge in [-0.3, -0.25) is 24.4 Å². The molecule has 2 heterocycles. The fourth-order valence-corrected chi connectivity index (χ4v) is 2.71. The highest BCUT2D eigenvalue weighted by Gasteiger charge is 2.20. The molecule has 0 atom stereocenters. The van der Waals surface area contributed by atoms with Gasteiger partial charge in [-0.25, -0.2) is 0 Å². The summed E-state index contributed by atoms with van der Waals surface area (Å²) in [7, 11) is 0.